The zero-order valence-electron chi connectivity index (χ0n) is 20.6. The number of nitrogens with zero attached hydrogens (tertiary/aromatic N) is 3. The molecule has 0 amide bonds. The van der Waals surface area contributed by atoms with Crippen molar-refractivity contribution in [1.82, 2.24) is 4.57 Å². The Balaban J connectivity index is 2.04. The Hall–Kier alpha value is -3.94. The minimum absolute atomic E-state index is 0.126. The van der Waals surface area contributed by atoms with Crippen molar-refractivity contribution in [3.8, 4) is 11.4 Å². The average molecular weight is 478 g/mol. The van der Waals surface area contributed by atoms with Crippen LogP contribution in [0, 0.1) is 0 Å². The van der Waals surface area contributed by atoms with E-state index < -0.39 is 11.9 Å². The van der Waals surface area contributed by atoms with Gasteiger partial charge in [-0.3, -0.25) is 0 Å². The molecule has 0 bridgehead atoms. The number of aromatic nitrogens is 1. The zero-order chi connectivity index (χ0) is 25.4. The summed E-state index contributed by atoms with van der Waals surface area (Å²) in [7, 11) is 0. The summed E-state index contributed by atoms with van der Waals surface area (Å²) in [6.45, 7) is 6.52. The molecule has 0 radical (unpaired) electrons. The van der Waals surface area contributed by atoms with Crippen molar-refractivity contribution in [2.24, 2.45) is 10.3 Å². The van der Waals surface area contributed by atoms with Crippen LogP contribution < -0.4 is 0 Å². The standard InChI is InChI=1S/C27H31N3O5/c1-5-6-7-8-10-24(29-35-20(4)32)23-17-30(25-11-9-12-26(33)27(23)25)22-15-13-21(14-16-22)18(2)28-34-19(3)31/h9,11-17,33H,5-8,10H2,1-4H3/b28-18+,29-24+. The first-order valence-electron chi connectivity index (χ1n) is 11.7. The number of hydrogen-bond acceptors (Lipinski definition) is 7. The summed E-state index contributed by atoms with van der Waals surface area (Å²) in [4.78, 5) is 32.2. The molecule has 8 nitrogen and oxygen atoms in total. The molecule has 3 aromatic rings. The van der Waals surface area contributed by atoms with Gasteiger partial charge in [-0.15, -0.1) is 0 Å². The highest BCUT2D eigenvalue weighted by Gasteiger charge is 2.18. The molecule has 35 heavy (non-hydrogen) atoms. The molecule has 0 saturated heterocycles. The SMILES string of the molecule is CCCCCC/C(=N\OC(C)=O)c1cn(-c2ccc(/C(C)=N/OC(C)=O)cc2)c2cccc(O)c12. The second-order valence-corrected chi connectivity index (χ2v) is 8.32. The van der Waals surface area contributed by atoms with Crippen molar-refractivity contribution in [3.63, 3.8) is 0 Å². The second-order valence-electron chi connectivity index (χ2n) is 8.32. The molecule has 184 valence electrons. The first-order valence-corrected chi connectivity index (χ1v) is 11.7. The Bertz CT molecular complexity index is 1260. The number of phenols is 1. The predicted molar refractivity (Wildman–Crippen MR) is 136 cm³/mol. The van der Waals surface area contributed by atoms with Crippen LogP contribution in [0.25, 0.3) is 16.6 Å². The molecule has 8 heteroatoms. The predicted octanol–water partition coefficient (Wildman–Crippen LogP) is 5.86. The molecule has 0 aliphatic carbocycles. The van der Waals surface area contributed by atoms with E-state index in [0.717, 1.165) is 42.5 Å². The van der Waals surface area contributed by atoms with E-state index in [9.17, 15) is 14.7 Å². The number of fused-ring (bicyclic) bond motifs is 1. The number of rotatable bonds is 10. The smallest absolute Gasteiger partial charge is 0.331 e. The van der Waals surface area contributed by atoms with Crippen LogP contribution in [0.4, 0.5) is 0 Å². The highest BCUT2D eigenvalue weighted by atomic mass is 16.7. The van der Waals surface area contributed by atoms with E-state index in [-0.39, 0.29) is 5.75 Å². The van der Waals surface area contributed by atoms with E-state index in [1.165, 1.54) is 13.8 Å². The van der Waals surface area contributed by atoms with Crippen LogP contribution in [0.1, 0.15) is 70.9 Å². The summed E-state index contributed by atoms with van der Waals surface area (Å²) < 4.78 is 1.96. The Morgan fingerprint density at radius 1 is 0.914 bits per heavy atom. The van der Waals surface area contributed by atoms with Crippen molar-refractivity contribution in [3.05, 3.63) is 59.8 Å². The molecule has 0 fully saturated rings. The lowest BCUT2D eigenvalue weighted by molar-refractivity contribution is -0.141. The molecule has 2 aromatic carbocycles. The Labute approximate surface area is 204 Å². The first kappa shape index (κ1) is 25.7. The summed E-state index contributed by atoms with van der Waals surface area (Å²) in [5.41, 5.74) is 4.36. The fourth-order valence-corrected chi connectivity index (χ4v) is 3.82. The van der Waals surface area contributed by atoms with Crippen LogP contribution in [0.5, 0.6) is 5.75 Å². The monoisotopic (exact) mass is 477 g/mol. The fourth-order valence-electron chi connectivity index (χ4n) is 3.82. The summed E-state index contributed by atoms with van der Waals surface area (Å²) in [5, 5.41) is 19.4. The molecule has 0 unspecified atom stereocenters. The van der Waals surface area contributed by atoms with Gasteiger partial charge in [-0.1, -0.05) is 54.7 Å². The van der Waals surface area contributed by atoms with E-state index in [0.29, 0.717) is 28.8 Å². The van der Waals surface area contributed by atoms with Crippen LogP contribution >= 0.6 is 0 Å². The lowest BCUT2D eigenvalue weighted by Crippen LogP contribution is -2.04. The lowest BCUT2D eigenvalue weighted by atomic mass is 10.0. The van der Waals surface area contributed by atoms with Gasteiger partial charge in [-0.25, -0.2) is 9.59 Å². The van der Waals surface area contributed by atoms with Crippen molar-refractivity contribution in [1.29, 1.82) is 0 Å². The van der Waals surface area contributed by atoms with Crippen molar-refractivity contribution in [2.75, 3.05) is 0 Å². The molecular formula is C27H31N3O5. The molecule has 1 N–H and O–H groups in total. The zero-order valence-corrected chi connectivity index (χ0v) is 20.6. The van der Waals surface area contributed by atoms with E-state index in [4.69, 9.17) is 9.68 Å². The molecule has 1 aromatic heterocycles. The van der Waals surface area contributed by atoms with Crippen molar-refractivity contribution >= 4 is 34.3 Å². The number of phenolic OH excluding ortho intramolecular Hbond substituents is 1. The maximum atomic E-state index is 11.5. The van der Waals surface area contributed by atoms with Crippen LogP contribution in [-0.4, -0.2) is 33.0 Å². The number of carbonyl (C=O) groups excluding carboxylic acids is 2. The maximum absolute atomic E-state index is 11.5. The van der Waals surface area contributed by atoms with Crippen molar-refractivity contribution < 1.29 is 24.4 Å². The second kappa shape index (κ2) is 12.0. The van der Waals surface area contributed by atoms with Gasteiger partial charge < -0.3 is 19.3 Å². The van der Waals surface area contributed by atoms with Gasteiger partial charge in [0.25, 0.3) is 0 Å². The number of hydrogen-bond donors (Lipinski definition) is 1. The van der Waals surface area contributed by atoms with Gasteiger partial charge in [0, 0.05) is 31.3 Å². The van der Waals surface area contributed by atoms with E-state index in [2.05, 4.69) is 17.2 Å². The van der Waals surface area contributed by atoms with Crippen molar-refractivity contribution in [2.45, 2.75) is 59.8 Å². The fraction of sp³-hybridized carbons (Fsp3) is 0.333. The molecule has 0 aliphatic rings. The van der Waals surface area contributed by atoms with E-state index >= 15 is 0 Å². The van der Waals surface area contributed by atoms with Gasteiger partial charge in [0.15, 0.2) is 0 Å². The minimum atomic E-state index is -0.495. The highest BCUT2D eigenvalue weighted by Crippen LogP contribution is 2.33. The Kier molecular flexibility index (Phi) is 8.78. The average Bonchev–Trinajstić information content (AvgIpc) is 3.23. The van der Waals surface area contributed by atoms with Gasteiger partial charge in [0.05, 0.1) is 22.3 Å². The van der Waals surface area contributed by atoms with Crippen LogP contribution in [0.2, 0.25) is 0 Å². The van der Waals surface area contributed by atoms with Crippen LogP contribution in [0.15, 0.2) is 59.0 Å². The maximum Gasteiger partial charge on any atom is 0.331 e. The number of carbonyl (C=O) groups is 2. The van der Waals surface area contributed by atoms with Gasteiger partial charge in [0.1, 0.15) is 5.75 Å². The summed E-state index contributed by atoms with van der Waals surface area (Å²) in [6.07, 6.45) is 6.67. The van der Waals surface area contributed by atoms with Crippen LogP contribution in [-0.2, 0) is 19.3 Å². The Morgan fingerprint density at radius 2 is 1.60 bits per heavy atom. The highest BCUT2D eigenvalue weighted by molar-refractivity contribution is 6.13. The Morgan fingerprint density at radius 3 is 2.26 bits per heavy atom. The lowest BCUT2D eigenvalue weighted by Gasteiger charge is -2.07. The molecular weight excluding hydrogens is 446 g/mol. The number of unbranched alkanes of at least 4 members (excludes halogenated alkanes) is 3. The summed E-state index contributed by atoms with van der Waals surface area (Å²) >= 11 is 0. The number of aromatic hydroxyl groups is 1. The first-order chi connectivity index (χ1) is 16.8. The van der Waals surface area contributed by atoms with Gasteiger partial charge in [-0.2, -0.15) is 0 Å². The normalized spacial score (nSPS) is 12.1. The number of oxime groups is 2. The third kappa shape index (κ3) is 6.56. The van der Waals surface area contributed by atoms with Gasteiger partial charge in [0.2, 0.25) is 0 Å². The molecule has 0 atom stereocenters. The molecule has 0 spiro atoms. The van der Waals surface area contributed by atoms with Gasteiger partial charge >= 0.3 is 11.9 Å². The largest absolute Gasteiger partial charge is 0.507 e. The molecule has 0 saturated carbocycles. The molecule has 3 rings (SSSR count). The summed E-state index contributed by atoms with van der Waals surface area (Å²) in [5.74, 6) is -0.847. The third-order valence-electron chi connectivity index (χ3n) is 5.54. The summed E-state index contributed by atoms with van der Waals surface area (Å²) in [6, 6.07) is 12.9. The quantitative estimate of drug-likeness (QED) is 0.170. The van der Waals surface area contributed by atoms with Crippen LogP contribution in [0.3, 0.4) is 0 Å². The third-order valence-corrected chi connectivity index (χ3v) is 5.54. The number of benzene rings is 2. The molecule has 0 aliphatic heterocycles. The van der Waals surface area contributed by atoms with E-state index in [1.54, 1.807) is 19.1 Å². The topological polar surface area (TPSA) is 102 Å². The van der Waals surface area contributed by atoms with E-state index in [1.807, 2.05) is 41.1 Å². The van der Waals surface area contributed by atoms with Gasteiger partial charge in [-0.05, 0) is 49.6 Å². The minimum Gasteiger partial charge on any atom is -0.507 e. The molecule has 1 heterocycles.